The fraction of sp³-hybridized carbons (Fsp3) is 0.174. The molecule has 0 spiro atoms. The van der Waals surface area contributed by atoms with E-state index in [0.29, 0.717) is 10.4 Å². The van der Waals surface area contributed by atoms with Crippen molar-refractivity contribution in [1.29, 1.82) is 0 Å². The van der Waals surface area contributed by atoms with Gasteiger partial charge >= 0.3 is 5.97 Å². The van der Waals surface area contributed by atoms with E-state index in [1.165, 1.54) is 16.2 Å². The summed E-state index contributed by atoms with van der Waals surface area (Å²) < 4.78 is 7.51. The van der Waals surface area contributed by atoms with Crippen LogP contribution in [0, 0.1) is 6.92 Å². The molecule has 0 saturated heterocycles. The van der Waals surface area contributed by atoms with Crippen LogP contribution in [0.4, 0.5) is 0 Å². The maximum atomic E-state index is 13.0. The van der Waals surface area contributed by atoms with Gasteiger partial charge in [0.05, 0.1) is 11.4 Å². The number of para-hydroxylation sites is 1. The van der Waals surface area contributed by atoms with Gasteiger partial charge in [-0.2, -0.15) is 5.10 Å². The maximum absolute atomic E-state index is 13.0. The predicted octanol–water partition coefficient (Wildman–Crippen LogP) is 4.38. The van der Waals surface area contributed by atoms with E-state index in [1.54, 1.807) is 32.3 Å². The maximum Gasteiger partial charge on any atom is 0.349 e. The third-order valence-corrected chi connectivity index (χ3v) is 5.83. The lowest BCUT2D eigenvalue weighted by molar-refractivity contribution is -0.138. The van der Waals surface area contributed by atoms with Gasteiger partial charge in [0.1, 0.15) is 9.71 Å². The van der Waals surface area contributed by atoms with Crippen LogP contribution in [-0.2, 0) is 9.53 Å². The molecule has 0 aliphatic rings. The average molecular weight is 420 g/mol. The van der Waals surface area contributed by atoms with Crippen molar-refractivity contribution < 1.29 is 14.3 Å². The Morgan fingerprint density at radius 1 is 1.03 bits per heavy atom. The number of esters is 1. The highest BCUT2D eigenvalue weighted by atomic mass is 32.1. The highest BCUT2D eigenvalue weighted by molar-refractivity contribution is 7.20. The number of hydrogen-bond acceptors (Lipinski definition) is 5. The van der Waals surface area contributed by atoms with Crippen LogP contribution in [0.3, 0.4) is 0 Å². The van der Waals surface area contributed by atoms with E-state index < -0.39 is 12.1 Å². The second-order valence-electron chi connectivity index (χ2n) is 7.09. The number of benzene rings is 2. The molecule has 0 fully saturated rings. The van der Waals surface area contributed by atoms with Crippen molar-refractivity contribution in [2.75, 3.05) is 14.1 Å². The zero-order valence-electron chi connectivity index (χ0n) is 16.9. The van der Waals surface area contributed by atoms with E-state index in [0.717, 1.165) is 21.6 Å². The molecule has 2 aromatic heterocycles. The number of aryl methyl sites for hydroxylation is 1. The number of ether oxygens (including phenoxy) is 1. The predicted molar refractivity (Wildman–Crippen MR) is 117 cm³/mol. The normalized spacial score (nSPS) is 12.0. The number of aromatic nitrogens is 2. The second kappa shape index (κ2) is 8.12. The minimum atomic E-state index is -0.995. The largest absolute Gasteiger partial charge is 0.443 e. The molecule has 2 heterocycles. The van der Waals surface area contributed by atoms with Crippen LogP contribution >= 0.6 is 11.3 Å². The molecule has 4 aromatic rings. The molecule has 1 amide bonds. The molecule has 0 radical (unpaired) electrons. The minimum absolute atomic E-state index is 0.290. The molecular weight excluding hydrogens is 398 g/mol. The van der Waals surface area contributed by atoms with Gasteiger partial charge in [0.2, 0.25) is 6.10 Å². The van der Waals surface area contributed by atoms with Crippen molar-refractivity contribution in [2.24, 2.45) is 0 Å². The van der Waals surface area contributed by atoms with Gasteiger partial charge in [-0.05, 0) is 25.1 Å². The lowest BCUT2D eigenvalue weighted by atomic mass is 10.1. The lowest BCUT2D eigenvalue weighted by Gasteiger charge is -2.20. The fourth-order valence-electron chi connectivity index (χ4n) is 3.18. The highest BCUT2D eigenvalue weighted by Gasteiger charge is 2.28. The van der Waals surface area contributed by atoms with Gasteiger partial charge in [-0.3, -0.25) is 4.79 Å². The van der Waals surface area contributed by atoms with Crippen molar-refractivity contribution in [3.8, 4) is 5.69 Å². The standard InChI is InChI=1S/C23H21N3O3S/c1-15-18-14-19(30-22(18)26(24-15)17-12-8-5-9-13-17)23(28)29-20(21(27)25(2)3)16-10-6-4-7-11-16/h4-14,20H,1-3H3. The van der Waals surface area contributed by atoms with Crippen LogP contribution < -0.4 is 0 Å². The Kier molecular flexibility index (Phi) is 5.37. The molecule has 0 N–H and O–H groups in total. The minimum Gasteiger partial charge on any atom is -0.443 e. The van der Waals surface area contributed by atoms with Gasteiger partial charge in [0.25, 0.3) is 5.91 Å². The Bertz CT molecular complexity index is 1200. The van der Waals surface area contributed by atoms with Gasteiger partial charge in [0.15, 0.2) is 0 Å². The molecule has 6 nitrogen and oxygen atoms in total. The van der Waals surface area contributed by atoms with E-state index in [9.17, 15) is 9.59 Å². The molecule has 30 heavy (non-hydrogen) atoms. The van der Waals surface area contributed by atoms with E-state index in [1.807, 2.05) is 60.1 Å². The number of carbonyl (C=O) groups is 2. The molecule has 1 atom stereocenters. The Morgan fingerprint density at radius 3 is 2.30 bits per heavy atom. The number of nitrogens with zero attached hydrogens (tertiary/aromatic N) is 3. The topological polar surface area (TPSA) is 64.4 Å². The van der Waals surface area contributed by atoms with E-state index >= 15 is 0 Å². The summed E-state index contributed by atoms with van der Waals surface area (Å²) in [5.74, 6) is -0.818. The summed E-state index contributed by atoms with van der Waals surface area (Å²) in [4.78, 5) is 28.4. The zero-order valence-corrected chi connectivity index (χ0v) is 17.7. The fourth-order valence-corrected chi connectivity index (χ4v) is 4.25. The van der Waals surface area contributed by atoms with E-state index in [2.05, 4.69) is 5.10 Å². The molecule has 7 heteroatoms. The quantitative estimate of drug-likeness (QED) is 0.450. The third-order valence-electron chi connectivity index (χ3n) is 4.74. The third kappa shape index (κ3) is 3.71. The molecule has 1 unspecified atom stereocenters. The first kappa shape index (κ1) is 19.8. The van der Waals surface area contributed by atoms with Gasteiger partial charge in [0, 0.05) is 25.0 Å². The Balaban J connectivity index is 1.68. The van der Waals surface area contributed by atoms with Crippen molar-refractivity contribution in [3.63, 3.8) is 0 Å². The molecule has 152 valence electrons. The Morgan fingerprint density at radius 2 is 1.67 bits per heavy atom. The summed E-state index contributed by atoms with van der Waals surface area (Å²) in [7, 11) is 3.28. The van der Waals surface area contributed by atoms with Crippen LogP contribution in [0.1, 0.15) is 27.0 Å². The van der Waals surface area contributed by atoms with Crippen LogP contribution in [0.5, 0.6) is 0 Å². The number of amides is 1. The Hall–Kier alpha value is -3.45. The first-order valence-electron chi connectivity index (χ1n) is 9.47. The van der Waals surface area contributed by atoms with Crippen molar-refractivity contribution >= 4 is 33.4 Å². The molecule has 4 rings (SSSR count). The SMILES string of the molecule is Cc1nn(-c2ccccc2)c2sc(C(=O)OC(C(=O)N(C)C)c3ccccc3)cc12. The molecule has 0 bridgehead atoms. The average Bonchev–Trinajstić information content (AvgIpc) is 3.33. The summed E-state index contributed by atoms with van der Waals surface area (Å²) in [6, 6.07) is 20.6. The summed E-state index contributed by atoms with van der Waals surface area (Å²) in [6.07, 6.45) is -0.995. The molecule has 0 aliphatic carbocycles. The smallest absolute Gasteiger partial charge is 0.349 e. The number of hydrogen-bond donors (Lipinski definition) is 0. The van der Waals surface area contributed by atoms with Crippen molar-refractivity contribution in [3.05, 3.63) is 82.9 Å². The van der Waals surface area contributed by atoms with Crippen molar-refractivity contribution in [2.45, 2.75) is 13.0 Å². The molecule has 0 aliphatic heterocycles. The Labute approximate surface area is 178 Å². The summed E-state index contributed by atoms with van der Waals surface area (Å²) >= 11 is 1.31. The van der Waals surface area contributed by atoms with Crippen LogP contribution in [0.25, 0.3) is 15.9 Å². The zero-order chi connectivity index (χ0) is 21.3. The molecule has 2 aromatic carbocycles. The molecule has 0 saturated carbocycles. The highest BCUT2D eigenvalue weighted by Crippen LogP contribution is 2.32. The first-order valence-corrected chi connectivity index (χ1v) is 10.3. The summed E-state index contributed by atoms with van der Waals surface area (Å²) in [5.41, 5.74) is 2.38. The van der Waals surface area contributed by atoms with E-state index in [-0.39, 0.29) is 5.91 Å². The number of carbonyl (C=O) groups excluding carboxylic acids is 2. The number of rotatable bonds is 5. The van der Waals surface area contributed by atoms with Gasteiger partial charge in [-0.1, -0.05) is 48.5 Å². The van der Waals surface area contributed by atoms with Crippen LogP contribution in [-0.4, -0.2) is 40.7 Å². The first-order chi connectivity index (χ1) is 14.5. The van der Waals surface area contributed by atoms with Gasteiger partial charge < -0.3 is 9.64 Å². The van der Waals surface area contributed by atoms with E-state index in [4.69, 9.17) is 4.74 Å². The second-order valence-corrected chi connectivity index (χ2v) is 8.12. The number of thiophene rings is 1. The van der Waals surface area contributed by atoms with Gasteiger partial charge in [-0.15, -0.1) is 11.3 Å². The molecular formula is C23H21N3O3S. The summed E-state index contributed by atoms with van der Waals surface area (Å²) in [6.45, 7) is 1.91. The van der Waals surface area contributed by atoms with Crippen LogP contribution in [0.15, 0.2) is 66.7 Å². The van der Waals surface area contributed by atoms with Crippen molar-refractivity contribution in [1.82, 2.24) is 14.7 Å². The monoisotopic (exact) mass is 419 g/mol. The van der Waals surface area contributed by atoms with Gasteiger partial charge in [-0.25, -0.2) is 9.48 Å². The number of likely N-dealkylation sites (N-methyl/N-ethyl adjacent to an activating group) is 1. The number of fused-ring (bicyclic) bond motifs is 1. The summed E-state index contributed by atoms with van der Waals surface area (Å²) in [5, 5.41) is 5.49. The lowest BCUT2D eigenvalue weighted by Crippen LogP contribution is -2.31. The van der Waals surface area contributed by atoms with Crippen LogP contribution in [0.2, 0.25) is 0 Å².